The van der Waals surface area contributed by atoms with E-state index < -0.39 is 10.0 Å². The fourth-order valence-corrected chi connectivity index (χ4v) is 6.31. The van der Waals surface area contributed by atoms with Crippen molar-refractivity contribution in [1.29, 1.82) is 0 Å². The van der Waals surface area contributed by atoms with Crippen LogP contribution in [0.3, 0.4) is 0 Å². The minimum atomic E-state index is -3.60. The Bertz CT molecular complexity index is 1390. The van der Waals surface area contributed by atoms with Gasteiger partial charge < -0.3 is 4.90 Å². The summed E-state index contributed by atoms with van der Waals surface area (Å²) in [5.41, 5.74) is 2.64. The van der Waals surface area contributed by atoms with Crippen molar-refractivity contribution in [3.05, 3.63) is 83.9 Å². The highest BCUT2D eigenvalue weighted by Crippen LogP contribution is 2.29. The van der Waals surface area contributed by atoms with E-state index in [1.165, 1.54) is 10.1 Å². The van der Waals surface area contributed by atoms with Crippen LogP contribution in [0.15, 0.2) is 77.7 Å². The number of aryl methyl sites for hydroxylation is 1. The predicted molar refractivity (Wildman–Crippen MR) is 140 cm³/mol. The SMILES string of the molecule is Cc1cccc(S(=O)(=O)Nc2cccc(CCN3CCN(c4nsc5ccccc45)CC3)c2)c1. The fraction of sp³-hybridized carbons (Fsp3) is 0.269. The third kappa shape index (κ3) is 5.09. The average molecular weight is 493 g/mol. The molecule has 176 valence electrons. The molecule has 1 saturated heterocycles. The van der Waals surface area contributed by atoms with Crippen LogP contribution < -0.4 is 9.62 Å². The van der Waals surface area contributed by atoms with E-state index in [2.05, 4.69) is 44.9 Å². The maximum absolute atomic E-state index is 12.8. The van der Waals surface area contributed by atoms with Crippen molar-refractivity contribution < 1.29 is 8.42 Å². The summed E-state index contributed by atoms with van der Waals surface area (Å²) in [5, 5.41) is 1.24. The number of fused-ring (bicyclic) bond motifs is 1. The highest BCUT2D eigenvalue weighted by Gasteiger charge is 2.20. The third-order valence-electron chi connectivity index (χ3n) is 6.23. The number of sulfonamides is 1. The molecule has 34 heavy (non-hydrogen) atoms. The maximum atomic E-state index is 12.8. The number of nitrogens with one attached hydrogen (secondary N) is 1. The highest BCUT2D eigenvalue weighted by atomic mass is 32.2. The van der Waals surface area contributed by atoms with Crippen LogP contribution in [0.1, 0.15) is 11.1 Å². The number of anilines is 2. The van der Waals surface area contributed by atoms with E-state index in [0.717, 1.165) is 56.1 Å². The molecular formula is C26H28N4O2S2. The van der Waals surface area contributed by atoms with Crippen molar-refractivity contribution in [3.8, 4) is 0 Å². The van der Waals surface area contributed by atoms with E-state index in [0.29, 0.717) is 5.69 Å². The Hall–Kier alpha value is -2.94. The van der Waals surface area contributed by atoms with Gasteiger partial charge in [0.2, 0.25) is 0 Å². The molecule has 8 heteroatoms. The lowest BCUT2D eigenvalue weighted by Crippen LogP contribution is -2.47. The number of piperazine rings is 1. The van der Waals surface area contributed by atoms with Crippen molar-refractivity contribution >= 4 is 43.1 Å². The van der Waals surface area contributed by atoms with Gasteiger partial charge in [-0.15, -0.1) is 0 Å². The van der Waals surface area contributed by atoms with Gasteiger partial charge in [-0.25, -0.2) is 8.42 Å². The minimum Gasteiger partial charge on any atom is -0.353 e. The van der Waals surface area contributed by atoms with Crippen LogP contribution in [0.25, 0.3) is 10.1 Å². The first-order valence-electron chi connectivity index (χ1n) is 11.5. The molecule has 0 atom stereocenters. The molecule has 5 rings (SSSR count). The van der Waals surface area contributed by atoms with Crippen LogP contribution in [0.5, 0.6) is 0 Å². The van der Waals surface area contributed by atoms with Gasteiger partial charge in [-0.05, 0) is 72.4 Å². The lowest BCUT2D eigenvalue weighted by molar-refractivity contribution is 0.261. The van der Waals surface area contributed by atoms with Gasteiger partial charge in [0.15, 0.2) is 0 Å². The predicted octanol–water partition coefficient (Wildman–Crippen LogP) is 4.77. The molecule has 0 amide bonds. The largest absolute Gasteiger partial charge is 0.353 e. The molecule has 0 spiro atoms. The number of aromatic nitrogens is 1. The standard InChI is InChI=1S/C26H28N4O2S2/c1-20-6-4-9-23(18-20)34(31,32)28-22-8-5-7-21(19-22)12-13-29-14-16-30(17-15-29)26-24-10-2-3-11-25(24)33-27-26/h2-11,18-19,28H,12-17H2,1H3. The molecule has 0 saturated carbocycles. The van der Waals surface area contributed by atoms with Gasteiger partial charge in [-0.2, -0.15) is 4.37 Å². The third-order valence-corrected chi connectivity index (χ3v) is 8.42. The summed E-state index contributed by atoms with van der Waals surface area (Å²) in [7, 11) is -3.60. The molecule has 0 radical (unpaired) electrons. The quantitative estimate of drug-likeness (QED) is 0.403. The molecule has 0 unspecified atom stereocenters. The van der Waals surface area contributed by atoms with Crippen molar-refractivity contribution in [2.75, 3.05) is 42.3 Å². The van der Waals surface area contributed by atoms with Crippen molar-refractivity contribution in [1.82, 2.24) is 9.27 Å². The molecular weight excluding hydrogens is 464 g/mol. The smallest absolute Gasteiger partial charge is 0.261 e. The van der Waals surface area contributed by atoms with Gasteiger partial charge in [-0.1, -0.05) is 36.4 Å². The number of nitrogens with zero attached hydrogens (tertiary/aromatic N) is 3. The van der Waals surface area contributed by atoms with E-state index in [9.17, 15) is 8.42 Å². The zero-order chi connectivity index (χ0) is 23.5. The number of benzene rings is 3. The van der Waals surface area contributed by atoms with E-state index in [1.54, 1.807) is 35.8 Å². The minimum absolute atomic E-state index is 0.281. The number of hydrogen-bond donors (Lipinski definition) is 1. The topological polar surface area (TPSA) is 65.5 Å². The molecule has 2 heterocycles. The molecule has 1 N–H and O–H groups in total. The molecule has 0 aliphatic carbocycles. The van der Waals surface area contributed by atoms with Crippen LogP contribution in [0, 0.1) is 6.92 Å². The Morgan fingerprint density at radius 3 is 2.56 bits per heavy atom. The summed E-state index contributed by atoms with van der Waals surface area (Å²) >= 11 is 1.57. The summed E-state index contributed by atoms with van der Waals surface area (Å²) in [6.45, 7) is 6.74. The van der Waals surface area contributed by atoms with Crippen LogP contribution in [0.4, 0.5) is 11.5 Å². The van der Waals surface area contributed by atoms with Crippen LogP contribution in [-0.4, -0.2) is 50.4 Å². The van der Waals surface area contributed by atoms with Crippen LogP contribution >= 0.6 is 11.5 Å². The van der Waals surface area contributed by atoms with Crippen molar-refractivity contribution in [3.63, 3.8) is 0 Å². The first-order chi connectivity index (χ1) is 16.5. The summed E-state index contributed by atoms with van der Waals surface area (Å²) < 4.78 is 34.2. The van der Waals surface area contributed by atoms with E-state index in [1.807, 2.05) is 25.1 Å². The first-order valence-corrected chi connectivity index (χ1v) is 13.7. The lowest BCUT2D eigenvalue weighted by Gasteiger charge is -2.35. The highest BCUT2D eigenvalue weighted by molar-refractivity contribution is 7.92. The second kappa shape index (κ2) is 9.74. The Morgan fingerprint density at radius 1 is 0.941 bits per heavy atom. The second-order valence-corrected chi connectivity index (χ2v) is 11.2. The lowest BCUT2D eigenvalue weighted by atomic mass is 10.1. The van der Waals surface area contributed by atoms with Gasteiger partial charge in [0.25, 0.3) is 10.0 Å². The summed E-state index contributed by atoms with van der Waals surface area (Å²) in [6.07, 6.45) is 0.875. The average Bonchev–Trinajstić information content (AvgIpc) is 3.27. The van der Waals surface area contributed by atoms with E-state index >= 15 is 0 Å². The van der Waals surface area contributed by atoms with E-state index in [4.69, 9.17) is 4.37 Å². The summed E-state index contributed by atoms with van der Waals surface area (Å²) in [6, 6.07) is 23.1. The Kier molecular flexibility index (Phi) is 6.54. The Labute approximate surface area is 205 Å². The van der Waals surface area contributed by atoms with Crippen LogP contribution in [-0.2, 0) is 16.4 Å². The zero-order valence-corrected chi connectivity index (χ0v) is 20.8. The zero-order valence-electron chi connectivity index (χ0n) is 19.1. The summed E-state index contributed by atoms with van der Waals surface area (Å²) in [4.78, 5) is 5.13. The molecule has 6 nitrogen and oxygen atoms in total. The molecule has 3 aromatic carbocycles. The number of rotatable bonds is 7. The molecule has 1 fully saturated rings. The van der Waals surface area contributed by atoms with E-state index in [-0.39, 0.29) is 4.90 Å². The first kappa shape index (κ1) is 22.8. The van der Waals surface area contributed by atoms with Gasteiger partial charge in [0.1, 0.15) is 5.82 Å². The maximum Gasteiger partial charge on any atom is 0.261 e. The summed E-state index contributed by atoms with van der Waals surface area (Å²) in [5.74, 6) is 1.11. The van der Waals surface area contributed by atoms with Gasteiger partial charge in [0.05, 0.1) is 9.60 Å². The van der Waals surface area contributed by atoms with Crippen molar-refractivity contribution in [2.45, 2.75) is 18.2 Å². The fourth-order valence-electron chi connectivity index (χ4n) is 4.36. The van der Waals surface area contributed by atoms with Crippen molar-refractivity contribution in [2.24, 2.45) is 0 Å². The van der Waals surface area contributed by atoms with Gasteiger partial charge >= 0.3 is 0 Å². The normalized spacial score (nSPS) is 15.0. The molecule has 1 aliphatic heterocycles. The monoisotopic (exact) mass is 492 g/mol. The second-order valence-electron chi connectivity index (χ2n) is 8.70. The van der Waals surface area contributed by atoms with Gasteiger partial charge in [0, 0.05) is 43.8 Å². The Morgan fingerprint density at radius 2 is 1.74 bits per heavy atom. The molecule has 1 aromatic heterocycles. The molecule has 0 bridgehead atoms. The van der Waals surface area contributed by atoms with Crippen LogP contribution in [0.2, 0.25) is 0 Å². The molecule has 4 aromatic rings. The van der Waals surface area contributed by atoms with Gasteiger partial charge in [-0.3, -0.25) is 9.62 Å². The number of hydrogen-bond acceptors (Lipinski definition) is 6. The Balaban J connectivity index is 1.17. The molecule has 1 aliphatic rings.